The number of thiocarbonyl (C=S) groups is 1. The number of hydrogen-bond acceptors (Lipinski definition) is 3. The normalized spacial score (nSPS) is 16.3. The van der Waals surface area contributed by atoms with Gasteiger partial charge in [-0.15, -0.1) is 0 Å². The van der Waals surface area contributed by atoms with Crippen LogP contribution < -0.4 is 15.8 Å². The van der Waals surface area contributed by atoms with Gasteiger partial charge in [0.2, 0.25) is 5.91 Å². The molecule has 0 atom stereocenters. The van der Waals surface area contributed by atoms with E-state index >= 15 is 0 Å². The fourth-order valence-corrected chi connectivity index (χ4v) is 2.40. The number of carbonyl (C=O) groups is 1. The van der Waals surface area contributed by atoms with Crippen molar-refractivity contribution in [3.63, 3.8) is 0 Å². The van der Waals surface area contributed by atoms with E-state index in [1.54, 1.807) is 0 Å². The Hall–Kier alpha value is -1.69. The molecule has 1 aliphatic rings. The van der Waals surface area contributed by atoms with Crippen molar-refractivity contribution in [1.82, 2.24) is 0 Å². The third kappa shape index (κ3) is 2.40. The first-order chi connectivity index (χ1) is 8.99. The molecule has 0 radical (unpaired) electrons. The maximum Gasteiger partial charge on any atom is 0.237 e. The minimum atomic E-state index is -0.753. The monoisotopic (exact) mass is 282 g/mol. The van der Waals surface area contributed by atoms with Crippen molar-refractivity contribution in [2.45, 2.75) is 19.3 Å². The van der Waals surface area contributed by atoms with Crippen LogP contribution in [0, 0.1) is 11.2 Å². The second-order valence-electron chi connectivity index (χ2n) is 4.60. The van der Waals surface area contributed by atoms with Gasteiger partial charge in [0, 0.05) is 11.8 Å². The van der Waals surface area contributed by atoms with Gasteiger partial charge in [-0.2, -0.15) is 0 Å². The lowest BCUT2D eigenvalue weighted by Gasteiger charge is -2.39. The van der Waals surface area contributed by atoms with Crippen LogP contribution in [0.15, 0.2) is 18.2 Å². The summed E-state index contributed by atoms with van der Waals surface area (Å²) in [7, 11) is 1.37. The molecule has 1 aromatic rings. The second kappa shape index (κ2) is 5.13. The Morgan fingerprint density at radius 3 is 2.68 bits per heavy atom. The number of halogens is 1. The number of hydrogen-bond donors (Lipinski definition) is 2. The summed E-state index contributed by atoms with van der Waals surface area (Å²) in [5, 5.41) is 2.71. The third-order valence-corrected chi connectivity index (χ3v) is 3.91. The van der Waals surface area contributed by atoms with Crippen LogP contribution in [0.2, 0.25) is 0 Å². The molecule has 19 heavy (non-hydrogen) atoms. The van der Waals surface area contributed by atoms with E-state index in [1.165, 1.54) is 25.3 Å². The van der Waals surface area contributed by atoms with Crippen LogP contribution >= 0.6 is 12.2 Å². The lowest BCUT2D eigenvalue weighted by Crippen LogP contribution is -2.50. The molecule has 102 valence electrons. The third-order valence-electron chi connectivity index (χ3n) is 3.52. The fraction of sp³-hybridized carbons (Fsp3) is 0.385. The topological polar surface area (TPSA) is 64.3 Å². The summed E-state index contributed by atoms with van der Waals surface area (Å²) in [6.45, 7) is 0. The number of nitrogens with one attached hydrogen (secondary N) is 1. The van der Waals surface area contributed by atoms with Crippen molar-refractivity contribution in [3.8, 4) is 5.75 Å². The fourth-order valence-electron chi connectivity index (χ4n) is 2.10. The average molecular weight is 282 g/mol. The highest BCUT2D eigenvalue weighted by Gasteiger charge is 2.46. The minimum Gasteiger partial charge on any atom is -0.494 e. The van der Waals surface area contributed by atoms with E-state index < -0.39 is 11.2 Å². The largest absolute Gasteiger partial charge is 0.494 e. The minimum absolute atomic E-state index is 0.0794. The summed E-state index contributed by atoms with van der Waals surface area (Å²) in [5.41, 5.74) is 5.36. The summed E-state index contributed by atoms with van der Waals surface area (Å²) in [4.78, 5) is 12.4. The van der Waals surface area contributed by atoms with E-state index in [4.69, 9.17) is 22.7 Å². The highest BCUT2D eigenvalue weighted by Crippen LogP contribution is 2.42. The SMILES string of the molecule is COc1cc(NC(=O)C2(C(N)=S)CCC2)ccc1F. The van der Waals surface area contributed by atoms with E-state index in [1.807, 2.05) is 0 Å². The molecule has 1 amide bonds. The molecule has 0 bridgehead atoms. The van der Waals surface area contributed by atoms with Gasteiger partial charge in [0.25, 0.3) is 0 Å². The van der Waals surface area contributed by atoms with Gasteiger partial charge in [-0.25, -0.2) is 4.39 Å². The summed E-state index contributed by atoms with van der Waals surface area (Å²) in [6, 6.07) is 4.14. The van der Waals surface area contributed by atoms with Crippen molar-refractivity contribution < 1.29 is 13.9 Å². The predicted molar refractivity (Wildman–Crippen MR) is 74.7 cm³/mol. The number of anilines is 1. The van der Waals surface area contributed by atoms with Crippen LogP contribution in [-0.2, 0) is 4.79 Å². The van der Waals surface area contributed by atoms with Crippen LogP contribution in [0.25, 0.3) is 0 Å². The molecule has 2 rings (SSSR count). The zero-order valence-electron chi connectivity index (χ0n) is 10.5. The number of ether oxygens (including phenoxy) is 1. The quantitative estimate of drug-likeness (QED) is 0.831. The van der Waals surface area contributed by atoms with Crippen LogP contribution in [0.4, 0.5) is 10.1 Å². The first-order valence-corrected chi connectivity index (χ1v) is 6.35. The Morgan fingerprint density at radius 1 is 1.53 bits per heavy atom. The van der Waals surface area contributed by atoms with Gasteiger partial charge in [0.1, 0.15) is 0 Å². The molecule has 3 N–H and O–H groups in total. The van der Waals surface area contributed by atoms with Crippen LogP contribution in [0.5, 0.6) is 5.75 Å². The van der Waals surface area contributed by atoms with Crippen molar-refractivity contribution >= 4 is 28.8 Å². The molecule has 0 aromatic heterocycles. The van der Waals surface area contributed by atoms with Gasteiger partial charge in [0.15, 0.2) is 11.6 Å². The Kier molecular flexibility index (Phi) is 3.71. The number of benzene rings is 1. The first kappa shape index (κ1) is 13.7. The first-order valence-electron chi connectivity index (χ1n) is 5.94. The zero-order valence-corrected chi connectivity index (χ0v) is 11.3. The lowest BCUT2D eigenvalue weighted by atomic mass is 9.68. The molecule has 1 saturated carbocycles. The Labute approximate surface area is 116 Å². The van der Waals surface area contributed by atoms with Crippen LogP contribution in [0.3, 0.4) is 0 Å². The molecule has 4 nitrogen and oxygen atoms in total. The molecule has 0 aliphatic heterocycles. The Balaban J connectivity index is 2.17. The smallest absolute Gasteiger partial charge is 0.237 e. The van der Waals surface area contributed by atoms with E-state index in [2.05, 4.69) is 5.32 Å². The molecule has 1 aromatic carbocycles. The molecule has 1 aliphatic carbocycles. The van der Waals surface area contributed by atoms with Gasteiger partial charge >= 0.3 is 0 Å². The van der Waals surface area contributed by atoms with Gasteiger partial charge in [0.05, 0.1) is 17.5 Å². The van der Waals surface area contributed by atoms with Crippen molar-refractivity contribution in [2.24, 2.45) is 11.1 Å². The van der Waals surface area contributed by atoms with E-state index in [0.29, 0.717) is 18.5 Å². The molecule has 0 heterocycles. The van der Waals surface area contributed by atoms with Crippen LogP contribution in [-0.4, -0.2) is 18.0 Å². The maximum atomic E-state index is 13.3. The summed E-state index contributed by atoms with van der Waals surface area (Å²) < 4.78 is 18.1. The van der Waals surface area contributed by atoms with Crippen LogP contribution in [0.1, 0.15) is 19.3 Å². The number of amides is 1. The highest BCUT2D eigenvalue weighted by atomic mass is 32.1. The van der Waals surface area contributed by atoms with E-state index in [9.17, 15) is 9.18 Å². The second-order valence-corrected chi connectivity index (χ2v) is 5.04. The predicted octanol–water partition coefficient (Wildman–Crippen LogP) is 2.23. The molecule has 0 unspecified atom stereocenters. The molecule has 0 saturated heterocycles. The summed E-state index contributed by atoms with van der Waals surface area (Å²) >= 11 is 4.97. The summed E-state index contributed by atoms with van der Waals surface area (Å²) in [6.07, 6.45) is 2.25. The highest BCUT2D eigenvalue weighted by molar-refractivity contribution is 7.80. The van der Waals surface area contributed by atoms with Gasteiger partial charge in [-0.1, -0.05) is 18.6 Å². The van der Waals surface area contributed by atoms with Crippen molar-refractivity contribution in [1.29, 1.82) is 0 Å². The zero-order chi connectivity index (χ0) is 14.0. The van der Waals surface area contributed by atoms with Crippen molar-refractivity contribution in [3.05, 3.63) is 24.0 Å². The van der Waals surface area contributed by atoms with E-state index in [0.717, 1.165) is 6.42 Å². The van der Waals surface area contributed by atoms with Crippen molar-refractivity contribution in [2.75, 3.05) is 12.4 Å². The molecular weight excluding hydrogens is 267 g/mol. The van der Waals surface area contributed by atoms with Gasteiger partial charge in [-0.3, -0.25) is 4.79 Å². The Bertz CT molecular complexity index is 529. The number of rotatable bonds is 4. The molecular formula is C13H15FN2O2S. The number of methoxy groups -OCH3 is 1. The van der Waals surface area contributed by atoms with Gasteiger partial charge in [-0.05, 0) is 25.0 Å². The lowest BCUT2D eigenvalue weighted by molar-refractivity contribution is -0.125. The maximum absolute atomic E-state index is 13.3. The number of nitrogens with two attached hydrogens (primary N) is 1. The number of carbonyl (C=O) groups excluding carboxylic acids is 1. The van der Waals surface area contributed by atoms with Gasteiger partial charge < -0.3 is 15.8 Å². The molecule has 6 heteroatoms. The van der Waals surface area contributed by atoms with E-state index in [-0.39, 0.29) is 16.6 Å². The Morgan fingerprint density at radius 2 is 2.21 bits per heavy atom. The summed E-state index contributed by atoms with van der Waals surface area (Å²) in [5.74, 6) is -0.635. The molecule has 0 spiro atoms. The standard InChI is InChI=1S/C13H15FN2O2S/c1-18-10-7-8(3-4-9(10)14)16-12(17)13(11(15)19)5-2-6-13/h3-4,7H,2,5-6H2,1H3,(H2,15,19)(H,16,17). The average Bonchev–Trinajstić information content (AvgIpc) is 2.29. The molecule has 1 fully saturated rings.